The molecule has 0 N–H and O–H groups in total. The quantitative estimate of drug-likeness (QED) is 0.527. The van der Waals surface area contributed by atoms with Crippen molar-refractivity contribution in [1.82, 2.24) is 4.90 Å². The van der Waals surface area contributed by atoms with Gasteiger partial charge in [0.1, 0.15) is 0 Å². The monoisotopic (exact) mass is 251 g/mol. The molecule has 0 bridgehead atoms. The minimum absolute atomic E-state index is 0.759. The van der Waals surface area contributed by atoms with Gasteiger partial charge in [-0.2, -0.15) is 0 Å². The fourth-order valence-corrected chi connectivity index (χ4v) is 1.88. The lowest BCUT2D eigenvalue weighted by atomic mass is 9.96. The van der Waals surface area contributed by atoms with Gasteiger partial charge in [-0.15, -0.1) is 0 Å². The first-order chi connectivity index (χ1) is 8.49. The molecule has 0 saturated carbocycles. The van der Waals surface area contributed by atoms with Crippen LogP contribution in [0.1, 0.15) is 53.9 Å². The summed E-state index contributed by atoms with van der Waals surface area (Å²) in [5, 5.41) is 0. The zero-order valence-corrected chi connectivity index (χ0v) is 13.4. The lowest BCUT2D eigenvalue weighted by molar-refractivity contribution is 0.319. The fraction of sp³-hybridized carbons (Fsp3) is 0.765. The third-order valence-electron chi connectivity index (χ3n) is 3.44. The Labute approximate surface area is 115 Å². The lowest BCUT2D eigenvalue weighted by Crippen LogP contribution is -2.20. The van der Waals surface area contributed by atoms with Crippen LogP contribution in [0.15, 0.2) is 23.8 Å². The molecule has 0 spiro atoms. The van der Waals surface area contributed by atoms with Gasteiger partial charge in [0.2, 0.25) is 0 Å². The van der Waals surface area contributed by atoms with Crippen LogP contribution in [0.2, 0.25) is 0 Å². The summed E-state index contributed by atoms with van der Waals surface area (Å²) < 4.78 is 0. The zero-order chi connectivity index (χ0) is 14.0. The van der Waals surface area contributed by atoms with E-state index in [-0.39, 0.29) is 0 Å². The minimum Gasteiger partial charge on any atom is -0.307 e. The topological polar surface area (TPSA) is 3.24 Å². The standard InChI is InChI=1S/C17H33N/c1-7-17(11-9-10-15(3)4)14-16(5)12-13-18(6)8-2/h7,9,11,15-16H,8,10,12-14H2,1-6H3/b11-9-,17-7+. The largest absolute Gasteiger partial charge is 0.307 e. The molecule has 0 amide bonds. The maximum atomic E-state index is 2.39. The normalized spacial score (nSPS) is 15.0. The first-order valence-electron chi connectivity index (χ1n) is 7.49. The number of hydrogen-bond donors (Lipinski definition) is 0. The van der Waals surface area contributed by atoms with Crippen LogP contribution in [-0.2, 0) is 0 Å². The molecule has 0 aliphatic heterocycles. The van der Waals surface area contributed by atoms with Gasteiger partial charge in [-0.3, -0.25) is 0 Å². The Morgan fingerprint density at radius 2 is 1.89 bits per heavy atom. The van der Waals surface area contributed by atoms with Crippen LogP contribution < -0.4 is 0 Å². The first kappa shape index (κ1) is 17.4. The molecule has 1 atom stereocenters. The van der Waals surface area contributed by atoms with Crippen LogP contribution in [0.5, 0.6) is 0 Å². The number of rotatable bonds is 9. The molecule has 0 aromatic rings. The van der Waals surface area contributed by atoms with Crippen molar-refractivity contribution in [2.24, 2.45) is 11.8 Å². The van der Waals surface area contributed by atoms with Crippen LogP contribution in [0, 0.1) is 11.8 Å². The van der Waals surface area contributed by atoms with E-state index in [2.05, 4.69) is 64.8 Å². The third-order valence-corrected chi connectivity index (χ3v) is 3.44. The molecule has 0 rings (SSSR count). The highest BCUT2D eigenvalue weighted by Crippen LogP contribution is 2.17. The maximum absolute atomic E-state index is 2.39. The molecule has 0 radical (unpaired) electrons. The van der Waals surface area contributed by atoms with Gasteiger partial charge in [0.05, 0.1) is 0 Å². The van der Waals surface area contributed by atoms with Gasteiger partial charge in [-0.05, 0) is 58.2 Å². The van der Waals surface area contributed by atoms with Gasteiger partial charge in [0.25, 0.3) is 0 Å². The number of allylic oxidation sites excluding steroid dienone is 4. The molecular formula is C17H33N. The van der Waals surface area contributed by atoms with E-state index in [1.165, 1.54) is 31.4 Å². The minimum atomic E-state index is 0.759. The SMILES string of the molecule is C/C=C(\C=C/CC(C)C)CC(C)CCN(C)CC. The highest BCUT2D eigenvalue weighted by atomic mass is 15.1. The average Bonchev–Trinajstić information content (AvgIpc) is 2.34. The van der Waals surface area contributed by atoms with Crippen molar-refractivity contribution in [1.29, 1.82) is 0 Å². The predicted octanol–water partition coefficient (Wildman–Crippen LogP) is 4.90. The van der Waals surface area contributed by atoms with Gasteiger partial charge in [-0.25, -0.2) is 0 Å². The van der Waals surface area contributed by atoms with E-state index < -0.39 is 0 Å². The van der Waals surface area contributed by atoms with Crippen LogP contribution in [0.25, 0.3) is 0 Å². The summed E-state index contributed by atoms with van der Waals surface area (Å²) in [5.41, 5.74) is 1.49. The third kappa shape index (κ3) is 9.47. The summed E-state index contributed by atoms with van der Waals surface area (Å²) in [7, 11) is 2.20. The summed E-state index contributed by atoms with van der Waals surface area (Å²) in [6, 6.07) is 0. The average molecular weight is 251 g/mol. The zero-order valence-electron chi connectivity index (χ0n) is 13.4. The second-order valence-corrected chi connectivity index (χ2v) is 5.89. The van der Waals surface area contributed by atoms with Gasteiger partial charge in [0, 0.05) is 0 Å². The van der Waals surface area contributed by atoms with E-state index in [1.54, 1.807) is 0 Å². The molecule has 0 aromatic heterocycles. The summed E-state index contributed by atoms with van der Waals surface area (Å²) in [5.74, 6) is 1.53. The predicted molar refractivity (Wildman–Crippen MR) is 83.9 cm³/mol. The molecule has 0 heterocycles. The van der Waals surface area contributed by atoms with Crippen molar-refractivity contribution in [3.05, 3.63) is 23.8 Å². The van der Waals surface area contributed by atoms with Crippen LogP contribution in [0.4, 0.5) is 0 Å². The molecule has 106 valence electrons. The molecule has 18 heavy (non-hydrogen) atoms. The Morgan fingerprint density at radius 3 is 2.39 bits per heavy atom. The second-order valence-electron chi connectivity index (χ2n) is 5.89. The summed E-state index contributed by atoms with van der Waals surface area (Å²) >= 11 is 0. The van der Waals surface area contributed by atoms with Crippen molar-refractivity contribution in [2.75, 3.05) is 20.1 Å². The molecule has 0 fully saturated rings. The van der Waals surface area contributed by atoms with Crippen LogP contribution >= 0.6 is 0 Å². The Balaban J connectivity index is 4.01. The maximum Gasteiger partial charge on any atom is -0.00193 e. The van der Waals surface area contributed by atoms with Gasteiger partial charge in [-0.1, -0.05) is 51.5 Å². The Hall–Kier alpha value is -0.560. The molecule has 0 aromatic carbocycles. The van der Waals surface area contributed by atoms with Crippen molar-refractivity contribution < 1.29 is 0 Å². The van der Waals surface area contributed by atoms with Crippen LogP contribution in [-0.4, -0.2) is 25.0 Å². The van der Waals surface area contributed by atoms with Crippen LogP contribution in [0.3, 0.4) is 0 Å². The van der Waals surface area contributed by atoms with Crippen molar-refractivity contribution in [2.45, 2.75) is 53.9 Å². The summed E-state index contributed by atoms with van der Waals surface area (Å²) in [4.78, 5) is 2.39. The molecule has 1 unspecified atom stereocenters. The highest BCUT2D eigenvalue weighted by molar-refractivity contribution is 5.18. The summed E-state index contributed by atoms with van der Waals surface area (Å²) in [6.07, 6.45) is 10.6. The fourth-order valence-electron chi connectivity index (χ4n) is 1.88. The molecule has 0 aliphatic rings. The Bertz CT molecular complexity index is 250. The van der Waals surface area contributed by atoms with Gasteiger partial charge in [0.15, 0.2) is 0 Å². The smallest absolute Gasteiger partial charge is 0.00193 e. The van der Waals surface area contributed by atoms with E-state index in [1.807, 2.05) is 0 Å². The molecule has 1 nitrogen and oxygen atoms in total. The lowest BCUT2D eigenvalue weighted by Gasteiger charge is -2.17. The Morgan fingerprint density at radius 1 is 1.22 bits per heavy atom. The first-order valence-corrected chi connectivity index (χ1v) is 7.49. The van der Waals surface area contributed by atoms with Gasteiger partial charge < -0.3 is 4.90 Å². The second kappa shape index (κ2) is 10.4. The van der Waals surface area contributed by atoms with E-state index in [9.17, 15) is 0 Å². The number of hydrogen-bond acceptors (Lipinski definition) is 1. The molecular weight excluding hydrogens is 218 g/mol. The van der Waals surface area contributed by atoms with E-state index in [4.69, 9.17) is 0 Å². The Kier molecular flexibility index (Phi) is 10.0. The van der Waals surface area contributed by atoms with Gasteiger partial charge >= 0.3 is 0 Å². The summed E-state index contributed by atoms with van der Waals surface area (Å²) in [6.45, 7) is 13.6. The molecule has 1 heteroatoms. The van der Waals surface area contributed by atoms with Crippen molar-refractivity contribution >= 4 is 0 Å². The molecule has 0 saturated heterocycles. The molecule has 0 aliphatic carbocycles. The van der Waals surface area contributed by atoms with Crippen molar-refractivity contribution in [3.8, 4) is 0 Å². The van der Waals surface area contributed by atoms with E-state index >= 15 is 0 Å². The van der Waals surface area contributed by atoms with E-state index in [0.717, 1.165) is 18.4 Å². The number of nitrogens with zero attached hydrogens (tertiary/aromatic N) is 1. The highest BCUT2D eigenvalue weighted by Gasteiger charge is 2.05. The van der Waals surface area contributed by atoms with E-state index in [0.29, 0.717) is 0 Å². The van der Waals surface area contributed by atoms with Crippen molar-refractivity contribution in [3.63, 3.8) is 0 Å².